The van der Waals surface area contributed by atoms with Crippen LogP contribution < -0.4 is 5.32 Å². The number of piperidine rings is 1. The molecule has 0 amide bonds. The average molecular weight is 465 g/mol. The van der Waals surface area contributed by atoms with E-state index in [9.17, 15) is 4.79 Å². The van der Waals surface area contributed by atoms with E-state index in [-0.39, 0.29) is 35.9 Å². The summed E-state index contributed by atoms with van der Waals surface area (Å²) >= 11 is 0. The third kappa shape index (κ3) is 6.79. The number of guanidine groups is 1. The minimum absolute atomic E-state index is 0. The number of hydrogen-bond acceptors (Lipinski definition) is 6. The molecule has 1 aromatic heterocycles. The van der Waals surface area contributed by atoms with E-state index < -0.39 is 0 Å². The number of aliphatic imine (C=N–C) groups is 1. The van der Waals surface area contributed by atoms with E-state index in [0.717, 1.165) is 38.4 Å². The van der Waals surface area contributed by atoms with Crippen LogP contribution in [0.4, 0.5) is 0 Å². The van der Waals surface area contributed by atoms with E-state index in [1.165, 1.54) is 0 Å². The highest BCUT2D eigenvalue weighted by atomic mass is 127. The molecule has 0 aliphatic carbocycles. The molecule has 1 N–H and O–H groups in total. The van der Waals surface area contributed by atoms with Crippen molar-refractivity contribution < 1.29 is 14.1 Å². The van der Waals surface area contributed by atoms with Gasteiger partial charge in [0.15, 0.2) is 11.8 Å². The number of rotatable bonds is 6. The number of nitrogens with one attached hydrogen (secondary N) is 1. The Hall–Kier alpha value is -1.39. The van der Waals surface area contributed by atoms with Gasteiger partial charge in [-0.05, 0) is 33.6 Å². The lowest BCUT2D eigenvalue weighted by atomic mass is 9.97. The summed E-state index contributed by atoms with van der Waals surface area (Å²) in [4.78, 5) is 22.8. The molecule has 0 unspecified atom stereocenters. The Morgan fingerprint density at radius 3 is 2.68 bits per heavy atom. The molecule has 1 fully saturated rings. The van der Waals surface area contributed by atoms with Gasteiger partial charge in [0.05, 0.1) is 19.1 Å². The molecule has 0 bridgehead atoms. The lowest BCUT2D eigenvalue weighted by Crippen LogP contribution is -2.46. The summed E-state index contributed by atoms with van der Waals surface area (Å²) < 4.78 is 10.2. The zero-order valence-electron chi connectivity index (χ0n) is 15.2. The zero-order valence-corrected chi connectivity index (χ0v) is 17.5. The van der Waals surface area contributed by atoms with Gasteiger partial charge in [0.25, 0.3) is 0 Å². The molecular weight excluding hydrogens is 437 g/mol. The predicted octanol–water partition coefficient (Wildman–Crippen LogP) is 1.78. The SMILES string of the molecule is CCNC(=NCCc1nc(C)no1)N1CCC(C(=O)OCC)CC1.I. The summed E-state index contributed by atoms with van der Waals surface area (Å²) in [5.41, 5.74) is 0. The second kappa shape index (κ2) is 11.3. The van der Waals surface area contributed by atoms with Gasteiger partial charge in [-0.2, -0.15) is 4.98 Å². The monoisotopic (exact) mass is 465 g/mol. The van der Waals surface area contributed by atoms with Gasteiger partial charge in [-0.25, -0.2) is 0 Å². The third-order valence-corrected chi connectivity index (χ3v) is 3.91. The van der Waals surface area contributed by atoms with Crippen LogP contribution in [-0.2, 0) is 16.0 Å². The van der Waals surface area contributed by atoms with Gasteiger partial charge in [-0.1, -0.05) is 5.16 Å². The molecule has 2 heterocycles. The van der Waals surface area contributed by atoms with Crippen LogP contribution in [0.1, 0.15) is 38.4 Å². The van der Waals surface area contributed by atoms with Crippen LogP contribution in [0.2, 0.25) is 0 Å². The minimum atomic E-state index is -0.0779. The third-order valence-electron chi connectivity index (χ3n) is 3.91. The normalized spacial score (nSPS) is 15.6. The number of carbonyl (C=O) groups excluding carboxylic acids is 1. The highest BCUT2D eigenvalue weighted by molar-refractivity contribution is 14.0. The number of likely N-dealkylation sites (tertiary alicyclic amines) is 1. The number of halogens is 1. The van der Waals surface area contributed by atoms with Gasteiger partial charge in [-0.3, -0.25) is 9.79 Å². The number of aromatic nitrogens is 2. The van der Waals surface area contributed by atoms with E-state index in [0.29, 0.717) is 31.3 Å². The maximum atomic E-state index is 11.8. The van der Waals surface area contributed by atoms with Gasteiger partial charge in [0.1, 0.15) is 0 Å². The standard InChI is InChI=1S/C16H27N5O3.HI/c1-4-17-16(18-9-6-14-19-12(3)20-24-14)21-10-7-13(8-11-21)15(22)23-5-2;/h13H,4-11H2,1-3H3,(H,17,18);1H. The Morgan fingerprint density at radius 2 is 2.12 bits per heavy atom. The average Bonchev–Trinajstić information content (AvgIpc) is 3.00. The van der Waals surface area contributed by atoms with Crippen molar-refractivity contribution in [2.75, 3.05) is 32.8 Å². The molecule has 1 saturated heterocycles. The zero-order chi connectivity index (χ0) is 17.4. The molecule has 9 heteroatoms. The largest absolute Gasteiger partial charge is 0.466 e. The maximum absolute atomic E-state index is 11.8. The maximum Gasteiger partial charge on any atom is 0.309 e. The fraction of sp³-hybridized carbons (Fsp3) is 0.750. The summed E-state index contributed by atoms with van der Waals surface area (Å²) in [7, 11) is 0. The summed E-state index contributed by atoms with van der Waals surface area (Å²) in [5.74, 6) is 2.04. The van der Waals surface area contributed by atoms with E-state index in [1.807, 2.05) is 13.8 Å². The molecule has 0 radical (unpaired) electrons. The molecule has 0 aromatic carbocycles. The molecule has 1 aliphatic rings. The molecule has 0 atom stereocenters. The smallest absolute Gasteiger partial charge is 0.309 e. The number of esters is 1. The second-order valence-corrected chi connectivity index (χ2v) is 5.73. The van der Waals surface area contributed by atoms with Crippen molar-refractivity contribution in [3.8, 4) is 0 Å². The number of nitrogens with zero attached hydrogens (tertiary/aromatic N) is 4. The van der Waals surface area contributed by atoms with Gasteiger partial charge >= 0.3 is 5.97 Å². The van der Waals surface area contributed by atoms with Crippen molar-refractivity contribution in [3.05, 3.63) is 11.7 Å². The second-order valence-electron chi connectivity index (χ2n) is 5.73. The fourth-order valence-electron chi connectivity index (χ4n) is 2.71. The van der Waals surface area contributed by atoms with Crippen LogP contribution in [-0.4, -0.2) is 59.8 Å². The van der Waals surface area contributed by atoms with Crippen LogP contribution in [0.25, 0.3) is 0 Å². The highest BCUT2D eigenvalue weighted by Crippen LogP contribution is 2.18. The topological polar surface area (TPSA) is 92.9 Å². The Labute approximate surface area is 165 Å². The predicted molar refractivity (Wildman–Crippen MR) is 105 cm³/mol. The van der Waals surface area contributed by atoms with E-state index in [1.54, 1.807) is 6.92 Å². The lowest BCUT2D eigenvalue weighted by molar-refractivity contribution is -0.149. The van der Waals surface area contributed by atoms with Crippen molar-refractivity contribution in [1.29, 1.82) is 0 Å². The van der Waals surface area contributed by atoms with E-state index in [4.69, 9.17) is 9.26 Å². The Morgan fingerprint density at radius 1 is 1.40 bits per heavy atom. The van der Waals surface area contributed by atoms with Crippen LogP contribution in [0.15, 0.2) is 9.52 Å². The first-order valence-corrected chi connectivity index (χ1v) is 8.63. The van der Waals surface area contributed by atoms with Gasteiger partial charge in [0.2, 0.25) is 5.89 Å². The summed E-state index contributed by atoms with van der Waals surface area (Å²) in [6, 6.07) is 0. The van der Waals surface area contributed by atoms with Gasteiger partial charge < -0.3 is 19.5 Å². The van der Waals surface area contributed by atoms with E-state index in [2.05, 4.69) is 25.3 Å². The Bertz CT molecular complexity index is 556. The Kier molecular flexibility index (Phi) is 9.76. The molecule has 1 aromatic rings. The quantitative estimate of drug-likeness (QED) is 0.296. The molecule has 25 heavy (non-hydrogen) atoms. The van der Waals surface area contributed by atoms with Crippen LogP contribution >= 0.6 is 24.0 Å². The van der Waals surface area contributed by atoms with Crippen LogP contribution in [0.5, 0.6) is 0 Å². The molecule has 8 nitrogen and oxygen atoms in total. The number of carbonyl (C=O) groups is 1. The van der Waals surface area contributed by atoms with Crippen molar-refractivity contribution in [1.82, 2.24) is 20.4 Å². The minimum Gasteiger partial charge on any atom is -0.466 e. The summed E-state index contributed by atoms with van der Waals surface area (Å²) in [5, 5.41) is 7.08. The summed E-state index contributed by atoms with van der Waals surface area (Å²) in [6.45, 7) is 9.12. The number of aryl methyl sites for hydroxylation is 1. The molecule has 1 aliphatic heterocycles. The summed E-state index contributed by atoms with van der Waals surface area (Å²) in [6.07, 6.45) is 2.22. The number of ether oxygens (including phenoxy) is 1. The fourth-order valence-corrected chi connectivity index (χ4v) is 2.71. The number of hydrogen-bond donors (Lipinski definition) is 1. The van der Waals surface area contributed by atoms with Crippen molar-refractivity contribution >= 4 is 35.9 Å². The Balaban J connectivity index is 0.00000312. The molecule has 2 rings (SSSR count). The first-order valence-electron chi connectivity index (χ1n) is 8.63. The first-order chi connectivity index (χ1) is 11.6. The van der Waals surface area contributed by atoms with Crippen molar-refractivity contribution in [2.24, 2.45) is 10.9 Å². The van der Waals surface area contributed by atoms with Crippen molar-refractivity contribution in [2.45, 2.75) is 40.0 Å². The highest BCUT2D eigenvalue weighted by Gasteiger charge is 2.27. The van der Waals surface area contributed by atoms with Gasteiger partial charge in [0, 0.05) is 26.1 Å². The lowest BCUT2D eigenvalue weighted by Gasteiger charge is -2.33. The van der Waals surface area contributed by atoms with Crippen molar-refractivity contribution in [3.63, 3.8) is 0 Å². The van der Waals surface area contributed by atoms with Crippen LogP contribution in [0.3, 0.4) is 0 Å². The molecule has 0 spiro atoms. The molecule has 0 saturated carbocycles. The van der Waals surface area contributed by atoms with Crippen LogP contribution in [0, 0.1) is 12.8 Å². The first kappa shape index (κ1) is 21.7. The molecule has 142 valence electrons. The van der Waals surface area contributed by atoms with E-state index >= 15 is 0 Å². The molecular formula is C16H28IN5O3. The van der Waals surface area contributed by atoms with Gasteiger partial charge in [-0.15, -0.1) is 24.0 Å².